The summed E-state index contributed by atoms with van der Waals surface area (Å²) in [5.74, 6) is -0.749. The minimum Gasteiger partial charge on any atom is -0.315 e. The van der Waals surface area contributed by atoms with Gasteiger partial charge in [0.25, 0.3) is 0 Å². The van der Waals surface area contributed by atoms with E-state index < -0.39 is 15.8 Å². The highest BCUT2D eigenvalue weighted by Crippen LogP contribution is 2.25. The highest BCUT2D eigenvalue weighted by Gasteiger charge is 2.26. The van der Waals surface area contributed by atoms with Crippen molar-refractivity contribution in [1.29, 1.82) is 0 Å². The molecular formula is C11H14BrFN2O2S. The molecule has 1 aliphatic rings. The number of rotatable bonds is 3. The molecule has 0 aromatic heterocycles. The van der Waals surface area contributed by atoms with Crippen LogP contribution in [0, 0.1) is 5.82 Å². The van der Waals surface area contributed by atoms with Crippen LogP contribution < -0.4 is 10.0 Å². The van der Waals surface area contributed by atoms with Crippen LogP contribution in [-0.2, 0) is 10.0 Å². The van der Waals surface area contributed by atoms with E-state index in [0.29, 0.717) is 6.54 Å². The summed E-state index contributed by atoms with van der Waals surface area (Å²) < 4.78 is 40.7. The number of hydrogen-bond donors (Lipinski definition) is 2. The van der Waals surface area contributed by atoms with Crippen molar-refractivity contribution in [3.05, 3.63) is 28.5 Å². The quantitative estimate of drug-likeness (QED) is 0.881. The Balaban J connectivity index is 2.25. The van der Waals surface area contributed by atoms with Gasteiger partial charge in [0.2, 0.25) is 10.0 Å². The van der Waals surface area contributed by atoms with Crippen LogP contribution in [-0.4, -0.2) is 27.5 Å². The lowest BCUT2D eigenvalue weighted by Gasteiger charge is -2.23. The van der Waals surface area contributed by atoms with Gasteiger partial charge in [-0.3, -0.25) is 0 Å². The lowest BCUT2D eigenvalue weighted by Crippen LogP contribution is -2.45. The summed E-state index contributed by atoms with van der Waals surface area (Å²) in [6.07, 6.45) is 1.67. The fraction of sp³-hybridized carbons (Fsp3) is 0.455. The van der Waals surface area contributed by atoms with Gasteiger partial charge in [-0.25, -0.2) is 17.5 Å². The van der Waals surface area contributed by atoms with E-state index in [1.807, 2.05) is 0 Å². The number of benzene rings is 1. The number of sulfonamides is 1. The Kier molecular flexibility index (Phi) is 4.37. The molecule has 4 nitrogen and oxygen atoms in total. The highest BCUT2D eigenvalue weighted by molar-refractivity contribution is 9.10. The lowest BCUT2D eigenvalue weighted by molar-refractivity contribution is 0.427. The Morgan fingerprint density at radius 3 is 2.83 bits per heavy atom. The summed E-state index contributed by atoms with van der Waals surface area (Å²) in [5.41, 5.74) is 0. The maximum atomic E-state index is 13.6. The smallest absolute Gasteiger partial charge is 0.244 e. The van der Waals surface area contributed by atoms with Crippen molar-refractivity contribution in [2.75, 3.05) is 13.1 Å². The van der Waals surface area contributed by atoms with Gasteiger partial charge in [0.05, 0.1) is 0 Å². The van der Waals surface area contributed by atoms with Gasteiger partial charge in [0.1, 0.15) is 10.7 Å². The second-order valence-corrected chi connectivity index (χ2v) is 6.72. The van der Waals surface area contributed by atoms with E-state index in [1.54, 1.807) is 0 Å². The third-order valence-corrected chi connectivity index (χ3v) is 5.33. The minimum absolute atomic E-state index is 0.185. The molecule has 2 rings (SSSR count). The van der Waals surface area contributed by atoms with Crippen LogP contribution in [0.15, 0.2) is 27.6 Å². The normalized spacial score (nSPS) is 20.9. The summed E-state index contributed by atoms with van der Waals surface area (Å²) in [4.78, 5) is -0.324. The average Bonchev–Trinajstić information content (AvgIpc) is 2.28. The predicted molar refractivity (Wildman–Crippen MR) is 70.3 cm³/mol. The Hall–Kier alpha value is -0.500. The minimum atomic E-state index is -3.83. The predicted octanol–water partition coefficient (Wildman–Crippen LogP) is 1.62. The molecule has 1 heterocycles. The lowest BCUT2D eigenvalue weighted by atomic mass is 10.1. The first-order chi connectivity index (χ1) is 8.50. The maximum absolute atomic E-state index is 13.6. The van der Waals surface area contributed by atoms with E-state index in [2.05, 4.69) is 26.0 Å². The largest absolute Gasteiger partial charge is 0.315 e. The van der Waals surface area contributed by atoms with Gasteiger partial charge in [-0.1, -0.05) is 6.07 Å². The van der Waals surface area contributed by atoms with Crippen LogP contribution in [0.5, 0.6) is 0 Å². The highest BCUT2D eigenvalue weighted by atomic mass is 79.9. The van der Waals surface area contributed by atoms with Crippen molar-refractivity contribution in [3.8, 4) is 0 Å². The van der Waals surface area contributed by atoms with Gasteiger partial charge < -0.3 is 5.32 Å². The molecule has 1 aliphatic heterocycles. The van der Waals surface area contributed by atoms with Crippen LogP contribution in [0.25, 0.3) is 0 Å². The summed E-state index contributed by atoms with van der Waals surface area (Å²) in [6, 6.07) is 3.92. The molecule has 18 heavy (non-hydrogen) atoms. The Morgan fingerprint density at radius 1 is 1.44 bits per heavy atom. The van der Waals surface area contributed by atoms with E-state index >= 15 is 0 Å². The Morgan fingerprint density at radius 2 is 2.22 bits per heavy atom. The molecule has 2 N–H and O–H groups in total. The molecule has 0 bridgehead atoms. The van der Waals surface area contributed by atoms with Gasteiger partial charge in [-0.05, 0) is 47.4 Å². The summed E-state index contributed by atoms with van der Waals surface area (Å²) in [5, 5.41) is 3.11. The van der Waals surface area contributed by atoms with Crippen LogP contribution in [0.4, 0.5) is 4.39 Å². The molecule has 1 atom stereocenters. The fourth-order valence-electron chi connectivity index (χ4n) is 1.97. The zero-order chi connectivity index (χ0) is 13.2. The number of hydrogen-bond acceptors (Lipinski definition) is 3. The van der Waals surface area contributed by atoms with Gasteiger partial charge in [0.15, 0.2) is 0 Å². The molecule has 1 aromatic rings. The van der Waals surface area contributed by atoms with Crippen LogP contribution in [0.3, 0.4) is 0 Å². The van der Waals surface area contributed by atoms with Crippen molar-refractivity contribution in [3.63, 3.8) is 0 Å². The molecule has 0 unspecified atom stereocenters. The molecule has 7 heteroatoms. The van der Waals surface area contributed by atoms with Gasteiger partial charge in [-0.15, -0.1) is 0 Å². The van der Waals surface area contributed by atoms with Crippen molar-refractivity contribution in [2.45, 2.75) is 23.8 Å². The monoisotopic (exact) mass is 336 g/mol. The molecule has 1 aromatic carbocycles. The van der Waals surface area contributed by atoms with Crippen LogP contribution in [0.1, 0.15) is 12.8 Å². The average molecular weight is 337 g/mol. The number of piperidine rings is 1. The van der Waals surface area contributed by atoms with E-state index in [1.165, 1.54) is 12.1 Å². The maximum Gasteiger partial charge on any atom is 0.244 e. The summed E-state index contributed by atoms with van der Waals surface area (Å²) in [6.45, 7) is 1.47. The Labute approximate surface area is 114 Å². The molecule has 1 fully saturated rings. The van der Waals surface area contributed by atoms with E-state index in [-0.39, 0.29) is 15.4 Å². The zero-order valence-corrected chi connectivity index (χ0v) is 12.0. The number of halogens is 2. The van der Waals surface area contributed by atoms with Crippen LogP contribution in [0.2, 0.25) is 0 Å². The van der Waals surface area contributed by atoms with Gasteiger partial charge >= 0.3 is 0 Å². The second kappa shape index (κ2) is 5.64. The molecule has 100 valence electrons. The first-order valence-corrected chi connectivity index (χ1v) is 7.95. The first-order valence-electron chi connectivity index (χ1n) is 5.68. The molecule has 0 aliphatic carbocycles. The van der Waals surface area contributed by atoms with E-state index in [0.717, 1.165) is 25.5 Å². The summed E-state index contributed by atoms with van der Waals surface area (Å²) >= 11 is 3.07. The molecule has 0 spiro atoms. The third kappa shape index (κ3) is 3.09. The Bertz CT molecular complexity index is 510. The van der Waals surface area contributed by atoms with E-state index in [9.17, 15) is 12.8 Å². The molecule has 1 saturated heterocycles. The van der Waals surface area contributed by atoms with Gasteiger partial charge in [0, 0.05) is 17.1 Å². The van der Waals surface area contributed by atoms with Crippen LogP contribution >= 0.6 is 15.9 Å². The molecule has 0 amide bonds. The molecule has 0 saturated carbocycles. The summed E-state index contributed by atoms with van der Waals surface area (Å²) in [7, 11) is -3.83. The SMILES string of the molecule is O=S(=O)(N[C@H]1CCCNC1)c1c(F)cccc1Br. The zero-order valence-electron chi connectivity index (χ0n) is 9.62. The number of nitrogens with one attached hydrogen (secondary N) is 2. The first kappa shape index (κ1) is 13.9. The van der Waals surface area contributed by atoms with E-state index in [4.69, 9.17) is 0 Å². The van der Waals surface area contributed by atoms with Gasteiger partial charge in [-0.2, -0.15) is 0 Å². The van der Waals surface area contributed by atoms with Crippen molar-refractivity contribution < 1.29 is 12.8 Å². The topological polar surface area (TPSA) is 58.2 Å². The van der Waals surface area contributed by atoms with Crippen molar-refractivity contribution in [1.82, 2.24) is 10.0 Å². The third-order valence-electron chi connectivity index (χ3n) is 2.81. The van der Waals surface area contributed by atoms with Crippen molar-refractivity contribution >= 4 is 26.0 Å². The molecular weight excluding hydrogens is 323 g/mol. The fourth-order valence-corrected chi connectivity index (χ4v) is 4.36. The molecule has 0 radical (unpaired) electrons. The standard InChI is InChI=1S/C11H14BrFN2O2S/c12-9-4-1-5-10(13)11(9)18(16,17)15-8-3-2-6-14-7-8/h1,4-5,8,14-15H,2-3,6-7H2/t8-/m0/s1. The van der Waals surface area contributed by atoms with Crippen molar-refractivity contribution in [2.24, 2.45) is 0 Å². The second-order valence-electron chi connectivity index (χ2n) is 4.22.